The van der Waals surface area contributed by atoms with Crippen LogP contribution >= 0.6 is 11.6 Å². The molecule has 0 bridgehead atoms. The van der Waals surface area contributed by atoms with Crippen molar-refractivity contribution >= 4 is 35.3 Å². The molecule has 2 aliphatic rings. The maximum atomic E-state index is 13.8. The molecule has 4 rings (SSSR count). The molecule has 0 aliphatic carbocycles. The Hall–Kier alpha value is -4.10. The fourth-order valence-electron chi connectivity index (χ4n) is 4.59. The van der Waals surface area contributed by atoms with Gasteiger partial charge in [-0.2, -0.15) is 10.4 Å². The summed E-state index contributed by atoms with van der Waals surface area (Å²) in [7, 11) is 0. The van der Waals surface area contributed by atoms with Gasteiger partial charge in [0, 0.05) is 23.7 Å². The van der Waals surface area contributed by atoms with Crippen molar-refractivity contribution in [3.8, 4) is 11.9 Å². The van der Waals surface area contributed by atoms with Gasteiger partial charge in [0.1, 0.15) is 11.8 Å². The molecule has 10 nitrogen and oxygen atoms in total. The highest BCUT2D eigenvalue weighted by atomic mass is 35.5. The number of hydrazone groups is 1. The number of carbonyl (C=O) groups excluding carboxylic acids is 1. The van der Waals surface area contributed by atoms with Gasteiger partial charge in [-0.3, -0.25) is 9.69 Å². The van der Waals surface area contributed by atoms with Gasteiger partial charge >= 0.3 is 12.1 Å². The Morgan fingerprint density at radius 3 is 2.43 bits per heavy atom. The van der Waals surface area contributed by atoms with Crippen molar-refractivity contribution < 1.29 is 19.4 Å². The highest BCUT2D eigenvalue weighted by Crippen LogP contribution is 2.32. The molecule has 0 aromatic heterocycles. The van der Waals surface area contributed by atoms with E-state index in [4.69, 9.17) is 21.4 Å². The molecule has 1 fully saturated rings. The molecule has 37 heavy (non-hydrogen) atoms. The number of aliphatic imine (C=N–C) groups is 1. The van der Waals surface area contributed by atoms with E-state index in [1.54, 1.807) is 59.6 Å². The predicted molar refractivity (Wildman–Crippen MR) is 138 cm³/mol. The van der Waals surface area contributed by atoms with Crippen LogP contribution in [0.3, 0.4) is 0 Å². The number of nitrogens with zero attached hydrogens (tertiary/aromatic N) is 6. The Morgan fingerprint density at radius 2 is 1.84 bits per heavy atom. The van der Waals surface area contributed by atoms with E-state index in [-0.39, 0.29) is 31.6 Å². The average Bonchev–Trinajstić information content (AvgIpc) is 3.29. The van der Waals surface area contributed by atoms with Crippen LogP contribution in [0, 0.1) is 16.9 Å². The lowest BCUT2D eigenvalue weighted by atomic mass is 9.83. The number of carbonyl (C=O) groups is 2. The summed E-state index contributed by atoms with van der Waals surface area (Å²) in [6.07, 6.45) is 0.625. The predicted octanol–water partition coefficient (Wildman–Crippen LogP) is 3.88. The number of benzene rings is 2. The summed E-state index contributed by atoms with van der Waals surface area (Å²) in [5.41, 5.74) is 0.658. The zero-order valence-corrected chi connectivity index (χ0v) is 21.5. The molecule has 0 saturated carbocycles. The highest BCUT2D eigenvalue weighted by Gasteiger charge is 2.48. The summed E-state index contributed by atoms with van der Waals surface area (Å²) in [6.45, 7) is 6.04. The topological polar surface area (TPSA) is 122 Å². The summed E-state index contributed by atoms with van der Waals surface area (Å²) in [4.78, 5) is 32.5. The lowest BCUT2D eigenvalue weighted by Crippen LogP contribution is -2.65. The number of ether oxygens (including phenoxy) is 1. The van der Waals surface area contributed by atoms with Gasteiger partial charge in [0.15, 0.2) is 0 Å². The summed E-state index contributed by atoms with van der Waals surface area (Å²) in [5.74, 6) is 0.166. The smallest absolute Gasteiger partial charge is 0.408 e. The molecule has 1 N–H and O–H groups in total. The molecule has 0 spiro atoms. The minimum Gasteiger partial charge on any atom is -0.465 e. The van der Waals surface area contributed by atoms with E-state index in [1.165, 1.54) is 9.91 Å². The van der Waals surface area contributed by atoms with Crippen LogP contribution in [0.15, 0.2) is 64.7 Å². The molecule has 2 unspecified atom stereocenters. The van der Waals surface area contributed by atoms with Gasteiger partial charge in [-0.1, -0.05) is 62.7 Å². The fraction of sp³-hybridized carbons (Fsp3) is 0.346. The maximum Gasteiger partial charge on any atom is 0.408 e. The minimum absolute atomic E-state index is 0.0355. The Balaban J connectivity index is 1.72. The molecular weight excluding hydrogens is 496 g/mol. The average molecular weight is 523 g/mol. The normalized spacial score (nSPS) is 20.5. The monoisotopic (exact) mass is 522 g/mol. The molecular formula is C26H27ClN6O4. The molecule has 0 radical (unpaired) electrons. The van der Waals surface area contributed by atoms with Crippen molar-refractivity contribution in [1.29, 1.82) is 5.26 Å². The molecule has 2 amide bonds. The van der Waals surface area contributed by atoms with Crippen LogP contribution < -0.4 is 4.74 Å². The van der Waals surface area contributed by atoms with Crippen molar-refractivity contribution in [2.45, 2.75) is 32.9 Å². The third kappa shape index (κ3) is 5.52. The highest BCUT2D eigenvalue weighted by molar-refractivity contribution is 6.30. The maximum absolute atomic E-state index is 13.8. The largest absolute Gasteiger partial charge is 0.465 e. The number of hydrogen-bond acceptors (Lipinski definition) is 6. The van der Waals surface area contributed by atoms with Crippen LogP contribution in [0.2, 0.25) is 5.02 Å². The molecule has 2 atom stereocenters. The van der Waals surface area contributed by atoms with Crippen LogP contribution in [0.1, 0.15) is 26.3 Å². The van der Waals surface area contributed by atoms with Gasteiger partial charge in [0.05, 0.1) is 18.3 Å². The minimum atomic E-state index is -1.13. The molecule has 1 saturated heterocycles. The van der Waals surface area contributed by atoms with Crippen molar-refractivity contribution in [2.24, 2.45) is 15.5 Å². The third-order valence-electron chi connectivity index (χ3n) is 6.20. The third-order valence-corrected chi connectivity index (χ3v) is 6.45. The Morgan fingerprint density at radius 1 is 1.16 bits per heavy atom. The summed E-state index contributed by atoms with van der Waals surface area (Å²) >= 11 is 6.10. The first-order valence-electron chi connectivity index (χ1n) is 11.7. The number of hydrogen-bond donors (Lipinski definition) is 1. The first-order valence-corrected chi connectivity index (χ1v) is 12.1. The van der Waals surface area contributed by atoms with Gasteiger partial charge in [0.2, 0.25) is 12.1 Å². The Kier molecular flexibility index (Phi) is 7.36. The van der Waals surface area contributed by atoms with Crippen LogP contribution in [0.5, 0.6) is 5.75 Å². The van der Waals surface area contributed by atoms with Crippen LogP contribution in [0.25, 0.3) is 0 Å². The first-order chi connectivity index (χ1) is 17.6. The molecule has 2 heterocycles. The van der Waals surface area contributed by atoms with Gasteiger partial charge < -0.3 is 14.7 Å². The molecule has 2 aromatic rings. The number of amides is 2. The van der Waals surface area contributed by atoms with Gasteiger partial charge in [-0.25, -0.2) is 9.80 Å². The Labute approximate surface area is 220 Å². The number of piperazine rings is 1. The number of para-hydroxylation sites is 1. The van der Waals surface area contributed by atoms with Gasteiger partial charge in [-0.05, 0) is 29.7 Å². The standard InChI is InChI=1S/C26H27ClN6O4/c1-26(2,3)22-23(34)31(13-14-32(22)25(35)36)20-15-33(30-21(20)17-9-11-18(27)12-10-17)24(29-16-28)37-19-7-5-4-6-8-19/h4-12,20,22H,13-15H2,1-3H3,(H,35,36). The molecule has 192 valence electrons. The van der Waals surface area contributed by atoms with E-state index < -0.39 is 23.6 Å². The second-order valence-corrected chi connectivity index (χ2v) is 10.2. The lowest BCUT2D eigenvalue weighted by Gasteiger charge is -2.46. The second-order valence-electron chi connectivity index (χ2n) is 9.78. The van der Waals surface area contributed by atoms with Gasteiger partial charge in [-0.15, -0.1) is 4.99 Å². The van der Waals surface area contributed by atoms with Crippen LogP contribution in [0.4, 0.5) is 4.79 Å². The quantitative estimate of drug-likeness (QED) is 0.371. The van der Waals surface area contributed by atoms with Crippen molar-refractivity contribution in [2.75, 3.05) is 19.6 Å². The van der Waals surface area contributed by atoms with E-state index in [1.807, 2.05) is 26.8 Å². The summed E-state index contributed by atoms with van der Waals surface area (Å²) in [6, 6.07) is 14.5. The van der Waals surface area contributed by atoms with Crippen molar-refractivity contribution in [3.05, 3.63) is 65.2 Å². The number of rotatable bonds is 3. The zero-order valence-electron chi connectivity index (χ0n) is 20.7. The summed E-state index contributed by atoms with van der Waals surface area (Å²) in [5, 5.41) is 25.8. The van der Waals surface area contributed by atoms with E-state index in [2.05, 4.69) is 4.99 Å². The molecule has 2 aliphatic heterocycles. The zero-order chi connectivity index (χ0) is 26.7. The van der Waals surface area contributed by atoms with Gasteiger partial charge in [0.25, 0.3) is 0 Å². The fourth-order valence-corrected chi connectivity index (χ4v) is 4.72. The molecule has 11 heteroatoms. The first kappa shape index (κ1) is 26.0. The van der Waals surface area contributed by atoms with Crippen LogP contribution in [-0.2, 0) is 4.79 Å². The summed E-state index contributed by atoms with van der Waals surface area (Å²) < 4.78 is 5.86. The number of nitriles is 1. The second kappa shape index (κ2) is 10.5. The number of halogens is 1. The van der Waals surface area contributed by atoms with E-state index in [0.717, 1.165) is 5.56 Å². The Bertz CT molecular complexity index is 1270. The van der Waals surface area contributed by atoms with Crippen molar-refractivity contribution in [1.82, 2.24) is 14.8 Å². The van der Waals surface area contributed by atoms with E-state index in [0.29, 0.717) is 16.5 Å². The molecule has 2 aromatic carbocycles. The number of carboxylic acid groups (broad SMARTS) is 1. The lowest BCUT2D eigenvalue weighted by molar-refractivity contribution is -0.146. The van der Waals surface area contributed by atoms with E-state index in [9.17, 15) is 20.0 Å². The van der Waals surface area contributed by atoms with Crippen LogP contribution in [-0.4, -0.2) is 75.4 Å². The number of amidine groups is 1. The van der Waals surface area contributed by atoms with Crippen molar-refractivity contribution in [3.63, 3.8) is 0 Å². The van der Waals surface area contributed by atoms with E-state index >= 15 is 0 Å². The SMILES string of the molecule is CC(C)(C)C1C(=O)N(C2CN(C(=NC#N)Oc3ccccc3)N=C2c2ccc(Cl)cc2)CCN1C(=O)O.